The third-order valence-electron chi connectivity index (χ3n) is 8.78. The quantitative estimate of drug-likeness (QED) is 0.434. The molecular weight excluding hydrogens is 324 g/mol. The molecule has 4 aliphatic carbocycles. The Hall–Kier alpha value is -1.27. The molecule has 7 atom stereocenters. The van der Waals surface area contributed by atoms with Gasteiger partial charge < -0.3 is 9.84 Å². The minimum Gasteiger partial charge on any atom is -0.462 e. The lowest BCUT2D eigenvalue weighted by molar-refractivity contribution is -0.149. The third kappa shape index (κ3) is 2.34. The largest absolute Gasteiger partial charge is 0.462 e. The average molecular weight is 357 g/mol. The van der Waals surface area contributed by atoms with E-state index in [1.165, 1.54) is 12.5 Å². The Morgan fingerprint density at radius 3 is 2.65 bits per heavy atom. The van der Waals surface area contributed by atoms with Crippen molar-refractivity contribution in [3.8, 4) is 12.3 Å². The number of terminal acetylenes is 1. The Morgan fingerprint density at radius 1 is 1.23 bits per heavy atom. The molecule has 0 amide bonds. The number of allylic oxidation sites excluding steroid dienone is 1. The summed E-state index contributed by atoms with van der Waals surface area (Å²) in [7, 11) is 0. The van der Waals surface area contributed by atoms with Crippen molar-refractivity contribution in [3.05, 3.63) is 11.6 Å². The summed E-state index contributed by atoms with van der Waals surface area (Å²) in [6.45, 7) is 6.18. The van der Waals surface area contributed by atoms with Crippen LogP contribution in [-0.4, -0.2) is 22.8 Å². The van der Waals surface area contributed by atoms with Gasteiger partial charge in [0.1, 0.15) is 11.7 Å². The fraction of sp³-hybridized carbons (Fsp3) is 0.783. The minimum atomic E-state index is -0.930. The molecule has 0 heterocycles. The van der Waals surface area contributed by atoms with Crippen LogP contribution in [0.2, 0.25) is 0 Å². The first-order chi connectivity index (χ1) is 12.2. The van der Waals surface area contributed by atoms with E-state index >= 15 is 0 Å². The molecule has 142 valence electrons. The van der Waals surface area contributed by atoms with Crippen LogP contribution in [0.15, 0.2) is 11.6 Å². The predicted octanol–water partition coefficient (Wildman–Crippen LogP) is 4.25. The van der Waals surface area contributed by atoms with Crippen LogP contribution < -0.4 is 0 Å². The topological polar surface area (TPSA) is 46.5 Å². The van der Waals surface area contributed by atoms with Gasteiger partial charge in [-0.15, -0.1) is 6.42 Å². The third-order valence-corrected chi connectivity index (χ3v) is 8.78. The number of carbonyl (C=O) groups is 1. The molecule has 0 saturated heterocycles. The maximum absolute atomic E-state index is 11.3. The SMILES string of the molecule is C#C[C@]1(O)CC[C@@H]2[C@H]3CC=C4C[C@@H](OC(C)=O)CC[C@]4(C)[C@@H]3CC[C@@]21C. The maximum atomic E-state index is 11.3. The molecule has 4 aliphatic rings. The van der Waals surface area contributed by atoms with Gasteiger partial charge in [-0.25, -0.2) is 0 Å². The van der Waals surface area contributed by atoms with E-state index in [1.807, 2.05) is 0 Å². The molecule has 0 aromatic rings. The zero-order valence-corrected chi connectivity index (χ0v) is 16.4. The van der Waals surface area contributed by atoms with E-state index in [4.69, 9.17) is 11.2 Å². The van der Waals surface area contributed by atoms with Crippen molar-refractivity contribution in [1.82, 2.24) is 0 Å². The Bertz CT molecular complexity index is 688. The van der Waals surface area contributed by atoms with Crippen molar-refractivity contribution < 1.29 is 14.6 Å². The van der Waals surface area contributed by atoms with Crippen molar-refractivity contribution in [2.75, 3.05) is 0 Å². The molecule has 3 saturated carbocycles. The number of rotatable bonds is 1. The summed E-state index contributed by atoms with van der Waals surface area (Å²) >= 11 is 0. The first-order valence-corrected chi connectivity index (χ1v) is 10.3. The molecule has 0 unspecified atom stereocenters. The summed E-state index contributed by atoms with van der Waals surface area (Å²) in [6, 6.07) is 0. The predicted molar refractivity (Wildman–Crippen MR) is 101 cm³/mol. The van der Waals surface area contributed by atoms with Crippen LogP contribution in [0.1, 0.15) is 72.1 Å². The van der Waals surface area contributed by atoms with Crippen molar-refractivity contribution >= 4 is 5.97 Å². The number of ether oxygens (including phenoxy) is 1. The molecule has 0 aromatic heterocycles. The molecule has 4 rings (SSSR count). The molecule has 0 spiro atoms. The lowest BCUT2D eigenvalue weighted by Crippen LogP contribution is -2.54. The maximum Gasteiger partial charge on any atom is 0.302 e. The van der Waals surface area contributed by atoms with Crippen LogP contribution in [0.3, 0.4) is 0 Å². The highest BCUT2D eigenvalue weighted by atomic mass is 16.5. The monoisotopic (exact) mass is 356 g/mol. The molecule has 0 aliphatic heterocycles. The molecule has 0 bridgehead atoms. The number of aliphatic hydroxyl groups is 1. The number of hydrogen-bond acceptors (Lipinski definition) is 3. The Balaban J connectivity index is 1.61. The average Bonchev–Trinajstić information content (AvgIpc) is 2.87. The van der Waals surface area contributed by atoms with Crippen molar-refractivity contribution in [3.63, 3.8) is 0 Å². The van der Waals surface area contributed by atoms with Gasteiger partial charge in [0.05, 0.1) is 0 Å². The smallest absolute Gasteiger partial charge is 0.302 e. The van der Waals surface area contributed by atoms with Gasteiger partial charge >= 0.3 is 5.97 Å². The van der Waals surface area contributed by atoms with Crippen molar-refractivity contribution in [2.24, 2.45) is 28.6 Å². The Kier molecular flexibility index (Phi) is 4.08. The van der Waals surface area contributed by atoms with Gasteiger partial charge in [-0.1, -0.05) is 31.4 Å². The Labute approximate surface area is 157 Å². The van der Waals surface area contributed by atoms with E-state index < -0.39 is 5.60 Å². The zero-order chi connectivity index (χ0) is 18.7. The summed E-state index contributed by atoms with van der Waals surface area (Å²) in [5.41, 5.74) is 0.655. The van der Waals surface area contributed by atoms with E-state index in [-0.39, 0.29) is 22.9 Å². The number of hydrogen-bond donors (Lipinski definition) is 1. The lowest BCUT2D eigenvalue weighted by Gasteiger charge is -2.58. The van der Waals surface area contributed by atoms with E-state index in [1.54, 1.807) is 0 Å². The van der Waals surface area contributed by atoms with Gasteiger partial charge in [-0.3, -0.25) is 4.79 Å². The summed E-state index contributed by atoms with van der Waals surface area (Å²) in [6.07, 6.45) is 16.3. The molecule has 1 N–H and O–H groups in total. The standard InChI is InChI=1S/C23H32O3/c1-5-23(25)13-10-20-18-7-6-16-14-17(26-15(2)24)8-11-21(16,3)19(18)9-12-22(20,23)4/h1,6,17-20,25H,7-14H2,2-4H3/t17-,18-,19+,20+,21-,22-,23-/m0/s1. The Morgan fingerprint density at radius 2 is 1.96 bits per heavy atom. The first-order valence-electron chi connectivity index (χ1n) is 10.3. The van der Waals surface area contributed by atoms with Gasteiger partial charge in [0, 0.05) is 18.8 Å². The second kappa shape index (κ2) is 5.86. The lowest BCUT2D eigenvalue weighted by atomic mass is 9.47. The van der Waals surface area contributed by atoms with E-state index in [0.717, 1.165) is 51.4 Å². The van der Waals surface area contributed by atoms with Gasteiger partial charge in [0.25, 0.3) is 0 Å². The highest BCUT2D eigenvalue weighted by Crippen LogP contribution is 2.67. The fourth-order valence-electron chi connectivity index (χ4n) is 7.22. The highest BCUT2D eigenvalue weighted by molar-refractivity contribution is 5.66. The number of carbonyl (C=O) groups excluding carboxylic acids is 1. The van der Waals surface area contributed by atoms with Crippen molar-refractivity contribution in [2.45, 2.75) is 83.8 Å². The van der Waals surface area contributed by atoms with E-state index in [2.05, 4.69) is 25.8 Å². The summed E-state index contributed by atoms with van der Waals surface area (Å²) in [5, 5.41) is 11.1. The molecule has 0 aromatic carbocycles. The van der Waals surface area contributed by atoms with Crippen LogP contribution in [0.25, 0.3) is 0 Å². The van der Waals surface area contributed by atoms with Crippen LogP contribution in [0, 0.1) is 40.9 Å². The second-order valence-corrected chi connectivity index (χ2v) is 9.73. The van der Waals surface area contributed by atoms with Crippen LogP contribution >= 0.6 is 0 Å². The molecular formula is C23H32O3. The van der Waals surface area contributed by atoms with Crippen LogP contribution in [-0.2, 0) is 9.53 Å². The summed E-state index contributed by atoms with van der Waals surface area (Å²) in [4.78, 5) is 11.3. The first kappa shape index (κ1) is 18.1. The van der Waals surface area contributed by atoms with Gasteiger partial charge in [-0.2, -0.15) is 0 Å². The van der Waals surface area contributed by atoms with Crippen LogP contribution in [0.5, 0.6) is 0 Å². The van der Waals surface area contributed by atoms with Gasteiger partial charge in [-0.05, 0) is 68.1 Å². The van der Waals surface area contributed by atoms with Gasteiger partial charge in [0.15, 0.2) is 0 Å². The fourth-order valence-corrected chi connectivity index (χ4v) is 7.22. The zero-order valence-electron chi connectivity index (χ0n) is 16.4. The van der Waals surface area contributed by atoms with Crippen molar-refractivity contribution in [1.29, 1.82) is 0 Å². The van der Waals surface area contributed by atoms with Gasteiger partial charge in [0.2, 0.25) is 0 Å². The normalized spacial score (nSPS) is 49.9. The number of esters is 1. The molecule has 0 radical (unpaired) electrons. The highest BCUT2D eigenvalue weighted by Gasteiger charge is 2.63. The molecule has 3 nitrogen and oxygen atoms in total. The van der Waals surface area contributed by atoms with E-state index in [0.29, 0.717) is 17.8 Å². The second-order valence-electron chi connectivity index (χ2n) is 9.73. The van der Waals surface area contributed by atoms with Crippen LogP contribution in [0.4, 0.5) is 0 Å². The summed E-state index contributed by atoms with van der Waals surface area (Å²) < 4.78 is 5.51. The summed E-state index contributed by atoms with van der Waals surface area (Å²) in [5.74, 6) is 4.39. The molecule has 26 heavy (non-hydrogen) atoms. The number of fused-ring (bicyclic) bond motifs is 5. The van der Waals surface area contributed by atoms with E-state index in [9.17, 15) is 9.90 Å². The minimum absolute atomic E-state index is 0.0512. The molecule has 3 heteroatoms. The molecule has 3 fully saturated rings.